The average molecular weight is 392 g/mol. The van der Waals surface area contributed by atoms with E-state index in [1.807, 2.05) is 35.5 Å². The van der Waals surface area contributed by atoms with Crippen molar-refractivity contribution in [2.45, 2.75) is 19.3 Å². The number of hydrogen-bond donors (Lipinski definition) is 0. The number of nitrogens with zero attached hydrogens (tertiary/aromatic N) is 6. The van der Waals surface area contributed by atoms with Crippen molar-refractivity contribution in [1.29, 1.82) is 0 Å². The Morgan fingerprint density at radius 3 is 2.55 bits per heavy atom. The van der Waals surface area contributed by atoms with Gasteiger partial charge in [0.15, 0.2) is 5.65 Å². The summed E-state index contributed by atoms with van der Waals surface area (Å²) in [7, 11) is 0. The highest BCUT2D eigenvalue weighted by atomic mass is 16.2. The van der Waals surface area contributed by atoms with Crippen LogP contribution in [0.1, 0.15) is 17.7 Å². The SMILES string of the molecule is O=C(CCc1nnc2ccccn2c1=O)N1CCN(CCc2ccncc2)CC1. The van der Waals surface area contributed by atoms with E-state index < -0.39 is 0 Å². The molecule has 150 valence electrons. The summed E-state index contributed by atoms with van der Waals surface area (Å²) in [6.07, 6.45) is 6.88. The van der Waals surface area contributed by atoms with Gasteiger partial charge in [0.2, 0.25) is 5.91 Å². The number of aromatic nitrogens is 4. The van der Waals surface area contributed by atoms with Crippen molar-refractivity contribution < 1.29 is 4.79 Å². The lowest BCUT2D eigenvalue weighted by Crippen LogP contribution is -2.49. The van der Waals surface area contributed by atoms with E-state index in [4.69, 9.17) is 0 Å². The molecule has 4 rings (SSSR count). The van der Waals surface area contributed by atoms with Crippen LogP contribution in [0.2, 0.25) is 0 Å². The summed E-state index contributed by atoms with van der Waals surface area (Å²) in [5.41, 5.74) is 1.92. The van der Waals surface area contributed by atoms with Gasteiger partial charge in [-0.05, 0) is 36.2 Å². The Bertz CT molecular complexity index is 1030. The highest BCUT2D eigenvalue weighted by molar-refractivity contribution is 5.76. The number of pyridine rings is 2. The molecular weight excluding hydrogens is 368 g/mol. The highest BCUT2D eigenvalue weighted by Crippen LogP contribution is 2.07. The monoisotopic (exact) mass is 392 g/mol. The molecule has 0 N–H and O–H groups in total. The van der Waals surface area contributed by atoms with E-state index >= 15 is 0 Å². The number of fused-ring (bicyclic) bond motifs is 1. The van der Waals surface area contributed by atoms with E-state index in [1.54, 1.807) is 18.3 Å². The van der Waals surface area contributed by atoms with Crippen LogP contribution in [0.3, 0.4) is 0 Å². The molecule has 0 atom stereocenters. The molecule has 0 bridgehead atoms. The molecule has 4 heterocycles. The second-order valence-electron chi connectivity index (χ2n) is 7.21. The Balaban J connectivity index is 1.26. The summed E-state index contributed by atoms with van der Waals surface area (Å²) >= 11 is 0. The van der Waals surface area contributed by atoms with Gasteiger partial charge in [-0.2, -0.15) is 0 Å². The zero-order chi connectivity index (χ0) is 20.1. The standard InChI is InChI=1S/C21H24N6O2/c28-20(5-4-18-21(29)27-11-2-1-3-19(27)24-23-18)26-15-13-25(14-16-26)12-8-17-6-9-22-10-7-17/h1-3,6-7,9-11H,4-5,8,12-16H2. The summed E-state index contributed by atoms with van der Waals surface area (Å²) in [6.45, 7) is 4.16. The van der Waals surface area contributed by atoms with Crippen LogP contribution < -0.4 is 5.56 Å². The van der Waals surface area contributed by atoms with Gasteiger partial charge in [0.05, 0.1) is 0 Å². The van der Waals surface area contributed by atoms with Crippen LogP contribution in [0.25, 0.3) is 5.65 Å². The summed E-state index contributed by atoms with van der Waals surface area (Å²) in [5, 5.41) is 8.09. The first-order chi connectivity index (χ1) is 14.2. The topological polar surface area (TPSA) is 83.7 Å². The smallest absolute Gasteiger partial charge is 0.279 e. The first-order valence-electron chi connectivity index (χ1n) is 9.93. The molecule has 0 saturated carbocycles. The second-order valence-corrected chi connectivity index (χ2v) is 7.21. The lowest BCUT2D eigenvalue weighted by molar-refractivity contribution is -0.132. The number of carbonyl (C=O) groups is 1. The predicted molar refractivity (Wildman–Crippen MR) is 109 cm³/mol. The Morgan fingerprint density at radius 1 is 0.966 bits per heavy atom. The number of carbonyl (C=O) groups excluding carboxylic acids is 1. The summed E-state index contributed by atoms with van der Waals surface area (Å²) in [4.78, 5) is 33.4. The van der Waals surface area contributed by atoms with Gasteiger partial charge in [-0.3, -0.25) is 23.9 Å². The third-order valence-electron chi connectivity index (χ3n) is 5.34. The maximum Gasteiger partial charge on any atom is 0.279 e. The minimum atomic E-state index is -0.204. The van der Waals surface area contributed by atoms with E-state index in [1.165, 1.54) is 9.96 Å². The Hall–Kier alpha value is -3.13. The average Bonchev–Trinajstić information content (AvgIpc) is 2.78. The van der Waals surface area contributed by atoms with Crippen LogP contribution in [0.15, 0.2) is 53.7 Å². The van der Waals surface area contributed by atoms with Gasteiger partial charge in [-0.25, -0.2) is 0 Å². The van der Waals surface area contributed by atoms with Crippen molar-refractivity contribution in [2.24, 2.45) is 0 Å². The largest absolute Gasteiger partial charge is 0.340 e. The van der Waals surface area contributed by atoms with Gasteiger partial charge in [0.25, 0.3) is 5.56 Å². The molecule has 1 amide bonds. The van der Waals surface area contributed by atoms with Gasteiger partial charge in [-0.1, -0.05) is 6.07 Å². The van der Waals surface area contributed by atoms with Crippen LogP contribution >= 0.6 is 0 Å². The predicted octanol–water partition coefficient (Wildman–Crippen LogP) is 0.804. The Morgan fingerprint density at radius 2 is 1.76 bits per heavy atom. The highest BCUT2D eigenvalue weighted by Gasteiger charge is 2.21. The van der Waals surface area contributed by atoms with Crippen LogP contribution in [0.5, 0.6) is 0 Å². The van der Waals surface area contributed by atoms with E-state index in [-0.39, 0.29) is 17.9 Å². The molecule has 3 aromatic rings. The number of piperazine rings is 1. The van der Waals surface area contributed by atoms with Crippen LogP contribution in [0, 0.1) is 0 Å². The maximum atomic E-state index is 12.6. The quantitative estimate of drug-likeness (QED) is 0.617. The van der Waals surface area contributed by atoms with Gasteiger partial charge in [-0.15, -0.1) is 10.2 Å². The van der Waals surface area contributed by atoms with E-state index in [9.17, 15) is 9.59 Å². The number of aryl methyl sites for hydroxylation is 1. The molecule has 0 aliphatic carbocycles. The molecule has 0 spiro atoms. The van der Waals surface area contributed by atoms with Crippen molar-refractivity contribution in [2.75, 3.05) is 32.7 Å². The van der Waals surface area contributed by atoms with Crippen molar-refractivity contribution >= 4 is 11.6 Å². The molecule has 0 unspecified atom stereocenters. The third kappa shape index (κ3) is 4.65. The molecule has 1 aliphatic rings. The van der Waals surface area contributed by atoms with Crippen molar-refractivity contribution in [3.05, 3.63) is 70.5 Å². The van der Waals surface area contributed by atoms with E-state index in [2.05, 4.69) is 20.1 Å². The molecule has 8 nitrogen and oxygen atoms in total. The number of rotatable bonds is 6. The minimum absolute atomic E-state index is 0.0677. The fourth-order valence-electron chi connectivity index (χ4n) is 3.58. The fourth-order valence-corrected chi connectivity index (χ4v) is 3.58. The fraction of sp³-hybridized carbons (Fsp3) is 0.381. The van der Waals surface area contributed by atoms with Gasteiger partial charge in [0, 0.05) is 64.2 Å². The zero-order valence-electron chi connectivity index (χ0n) is 16.3. The van der Waals surface area contributed by atoms with Gasteiger partial charge in [0.1, 0.15) is 5.69 Å². The van der Waals surface area contributed by atoms with Gasteiger partial charge < -0.3 is 4.90 Å². The lowest BCUT2D eigenvalue weighted by atomic mass is 10.1. The Kier molecular flexibility index (Phi) is 5.90. The molecule has 8 heteroatoms. The Labute approximate surface area is 168 Å². The second kappa shape index (κ2) is 8.91. The molecule has 0 radical (unpaired) electrons. The first kappa shape index (κ1) is 19.2. The van der Waals surface area contributed by atoms with E-state index in [0.717, 1.165) is 39.1 Å². The zero-order valence-corrected chi connectivity index (χ0v) is 16.3. The molecule has 0 aromatic carbocycles. The van der Waals surface area contributed by atoms with Gasteiger partial charge >= 0.3 is 0 Å². The molecular formula is C21H24N6O2. The van der Waals surface area contributed by atoms with Crippen LogP contribution in [0.4, 0.5) is 0 Å². The molecule has 29 heavy (non-hydrogen) atoms. The first-order valence-corrected chi connectivity index (χ1v) is 9.93. The normalized spacial score (nSPS) is 15.0. The molecule has 1 saturated heterocycles. The van der Waals surface area contributed by atoms with Crippen molar-refractivity contribution in [3.8, 4) is 0 Å². The van der Waals surface area contributed by atoms with Crippen molar-refractivity contribution in [3.63, 3.8) is 0 Å². The number of hydrogen-bond acceptors (Lipinski definition) is 6. The summed E-state index contributed by atoms with van der Waals surface area (Å²) < 4.78 is 1.47. The minimum Gasteiger partial charge on any atom is -0.340 e. The van der Waals surface area contributed by atoms with Crippen LogP contribution in [-0.4, -0.2) is 68.0 Å². The molecule has 3 aromatic heterocycles. The van der Waals surface area contributed by atoms with Crippen LogP contribution in [-0.2, 0) is 17.6 Å². The maximum absolute atomic E-state index is 12.6. The summed E-state index contributed by atoms with van der Waals surface area (Å²) in [6, 6.07) is 9.40. The third-order valence-corrected chi connectivity index (χ3v) is 5.34. The van der Waals surface area contributed by atoms with Crippen molar-refractivity contribution in [1.82, 2.24) is 29.4 Å². The number of amides is 1. The lowest BCUT2D eigenvalue weighted by Gasteiger charge is -2.34. The van der Waals surface area contributed by atoms with E-state index in [0.29, 0.717) is 17.8 Å². The summed E-state index contributed by atoms with van der Waals surface area (Å²) in [5.74, 6) is 0.0677. The molecule has 1 fully saturated rings. The molecule has 1 aliphatic heterocycles.